The predicted molar refractivity (Wildman–Crippen MR) is 79.0 cm³/mol. The first-order chi connectivity index (χ1) is 9.22. The summed E-state index contributed by atoms with van der Waals surface area (Å²) in [4.78, 5) is 15.4. The Kier molecular flexibility index (Phi) is 4.63. The Balaban J connectivity index is 2.05. The molecule has 2 rings (SSSR count). The molecule has 1 aromatic heterocycles. The Hall–Kier alpha value is -1.75. The number of hydrogen-bond donors (Lipinski definition) is 1. The number of nitrogens with zero attached hydrogens (tertiary/aromatic N) is 1. The van der Waals surface area contributed by atoms with E-state index in [-0.39, 0.29) is 5.97 Å². The molecule has 0 aliphatic carbocycles. The Morgan fingerprint density at radius 3 is 3.05 bits per heavy atom. The number of benzene rings is 1. The summed E-state index contributed by atoms with van der Waals surface area (Å²) in [6.45, 7) is 0. The van der Waals surface area contributed by atoms with E-state index in [1.54, 1.807) is 18.0 Å². The number of fused-ring (bicyclic) bond motifs is 1. The van der Waals surface area contributed by atoms with Crippen LogP contribution in [0.2, 0.25) is 0 Å². The number of esters is 1. The van der Waals surface area contributed by atoms with Crippen LogP contribution in [0.4, 0.5) is 5.69 Å². The number of anilines is 1. The standard InChI is InChI=1S/C14H16N2O2S/c1-18-13(17)6-8-19-9-10-4-5-12(15)11-3-2-7-16-14(10)11/h2-5,7H,6,8-9,15H2,1H3. The highest BCUT2D eigenvalue weighted by Crippen LogP contribution is 2.25. The van der Waals surface area contributed by atoms with Crippen molar-refractivity contribution in [3.8, 4) is 0 Å². The molecule has 19 heavy (non-hydrogen) atoms. The molecule has 2 N–H and O–H groups in total. The molecule has 0 bridgehead atoms. The zero-order chi connectivity index (χ0) is 13.7. The first-order valence-corrected chi connectivity index (χ1v) is 7.14. The van der Waals surface area contributed by atoms with Gasteiger partial charge in [-0.05, 0) is 23.8 Å². The number of pyridine rings is 1. The number of ether oxygens (including phenoxy) is 1. The minimum Gasteiger partial charge on any atom is -0.469 e. The first kappa shape index (κ1) is 13.7. The van der Waals surface area contributed by atoms with Crippen LogP contribution in [0.5, 0.6) is 0 Å². The van der Waals surface area contributed by atoms with Gasteiger partial charge in [-0.15, -0.1) is 0 Å². The molecular formula is C14H16N2O2S. The molecule has 1 aromatic carbocycles. The number of hydrogen-bond acceptors (Lipinski definition) is 5. The summed E-state index contributed by atoms with van der Waals surface area (Å²) in [5, 5.41) is 0.980. The van der Waals surface area contributed by atoms with Gasteiger partial charge >= 0.3 is 5.97 Å². The number of thioether (sulfide) groups is 1. The summed E-state index contributed by atoms with van der Waals surface area (Å²) >= 11 is 1.69. The Bertz CT molecular complexity index is 587. The molecule has 0 fully saturated rings. The summed E-state index contributed by atoms with van der Waals surface area (Å²) < 4.78 is 4.61. The third-order valence-corrected chi connectivity index (χ3v) is 3.83. The van der Waals surface area contributed by atoms with E-state index in [1.165, 1.54) is 7.11 Å². The zero-order valence-electron chi connectivity index (χ0n) is 10.8. The zero-order valence-corrected chi connectivity index (χ0v) is 11.6. The quantitative estimate of drug-likeness (QED) is 0.516. The molecule has 0 radical (unpaired) electrons. The van der Waals surface area contributed by atoms with Crippen LogP contribution in [0.15, 0.2) is 30.5 Å². The lowest BCUT2D eigenvalue weighted by Gasteiger charge is -2.07. The maximum atomic E-state index is 11.0. The van der Waals surface area contributed by atoms with Crippen molar-refractivity contribution >= 4 is 34.3 Å². The summed E-state index contributed by atoms with van der Waals surface area (Å²) in [6.07, 6.45) is 2.20. The second kappa shape index (κ2) is 6.43. The second-order valence-electron chi connectivity index (χ2n) is 4.09. The molecule has 2 aromatic rings. The van der Waals surface area contributed by atoms with Crippen LogP contribution in [-0.4, -0.2) is 23.8 Å². The van der Waals surface area contributed by atoms with Gasteiger partial charge in [0.2, 0.25) is 0 Å². The SMILES string of the molecule is COC(=O)CCSCc1ccc(N)c2cccnc12. The molecule has 0 amide bonds. The highest BCUT2D eigenvalue weighted by atomic mass is 32.2. The van der Waals surface area contributed by atoms with Gasteiger partial charge in [-0.3, -0.25) is 9.78 Å². The van der Waals surface area contributed by atoms with Crippen LogP contribution < -0.4 is 5.73 Å². The van der Waals surface area contributed by atoms with E-state index in [4.69, 9.17) is 5.73 Å². The van der Waals surface area contributed by atoms with E-state index in [0.29, 0.717) is 6.42 Å². The van der Waals surface area contributed by atoms with Gasteiger partial charge in [0.05, 0.1) is 19.0 Å². The van der Waals surface area contributed by atoms with Crippen LogP contribution >= 0.6 is 11.8 Å². The van der Waals surface area contributed by atoms with Crippen molar-refractivity contribution in [2.75, 3.05) is 18.6 Å². The fraction of sp³-hybridized carbons (Fsp3) is 0.286. The average Bonchev–Trinajstić information content (AvgIpc) is 2.45. The number of nitrogen functional groups attached to an aromatic ring is 1. The normalized spacial score (nSPS) is 10.6. The summed E-state index contributed by atoms with van der Waals surface area (Å²) in [5.74, 6) is 1.38. The molecule has 0 unspecified atom stereocenters. The molecule has 0 saturated carbocycles. The molecule has 100 valence electrons. The Labute approximate surface area is 116 Å². The van der Waals surface area contributed by atoms with E-state index in [0.717, 1.165) is 33.7 Å². The summed E-state index contributed by atoms with van der Waals surface area (Å²) in [7, 11) is 1.41. The van der Waals surface area contributed by atoms with Crippen molar-refractivity contribution in [2.24, 2.45) is 0 Å². The molecule has 0 atom stereocenters. The summed E-state index contributed by atoms with van der Waals surface area (Å²) in [6, 6.07) is 7.75. The molecule has 1 heterocycles. The minimum atomic E-state index is -0.173. The van der Waals surface area contributed by atoms with E-state index < -0.39 is 0 Å². The first-order valence-electron chi connectivity index (χ1n) is 5.99. The van der Waals surface area contributed by atoms with Crippen molar-refractivity contribution in [1.29, 1.82) is 0 Å². The minimum absolute atomic E-state index is 0.173. The Morgan fingerprint density at radius 2 is 2.26 bits per heavy atom. The lowest BCUT2D eigenvalue weighted by atomic mass is 10.1. The molecular weight excluding hydrogens is 260 g/mol. The third kappa shape index (κ3) is 3.38. The number of carbonyl (C=O) groups excluding carboxylic acids is 1. The van der Waals surface area contributed by atoms with Gasteiger partial charge in [0.25, 0.3) is 0 Å². The number of nitrogens with two attached hydrogens (primary N) is 1. The van der Waals surface area contributed by atoms with Crippen molar-refractivity contribution in [1.82, 2.24) is 4.98 Å². The lowest BCUT2D eigenvalue weighted by molar-refractivity contribution is -0.140. The number of carbonyl (C=O) groups is 1. The van der Waals surface area contributed by atoms with Gasteiger partial charge in [0.15, 0.2) is 0 Å². The monoisotopic (exact) mass is 276 g/mol. The van der Waals surface area contributed by atoms with E-state index in [1.807, 2.05) is 24.3 Å². The highest BCUT2D eigenvalue weighted by Gasteiger charge is 2.06. The van der Waals surface area contributed by atoms with Crippen LogP contribution in [0.1, 0.15) is 12.0 Å². The van der Waals surface area contributed by atoms with Gasteiger partial charge in [0, 0.05) is 28.8 Å². The molecule has 0 aliphatic rings. The van der Waals surface area contributed by atoms with Gasteiger partial charge in [0.1, 0.15) is 0 Å². The number of methoxy groups -OCH3 is 1. The molecule has 4 nitrogen and oxygen atoms in total. The van der Waals surface area contributed by atoms with E-state index >= 15 is 0 Å². The number of aromatic nitrogens is 1. The smallest absolute Gasteiger partial charge is 0.306 e. The highest BCUT2D eigenvalue weighted by molar-refractivity contribution is 7.98. The van der Waals surface area contributed by atoms with Crippen molar-refractivity contribution in [3.05, 3.63) is 36.0 Å². The van der Waals surface area contributed by atoms with Crippen molar-refractivity contribution in [2.45, 2.75) is 12.2 Å². The van der Waals surface area contributed by atoms with Gasteiger partial charge in [-0.25, -0.2) is 0 Å². The fourth-order valence-corrected chi connectivity index (χ4v) is 2.72. The van der Waals surface area contributed by atoms with Gasteiger partial charge in [-0.2, -0.15) is 11.8 Å². The third-order valence-electron chi connectivity index (χ3n) is 2.82. The second-order valence-corrected chi connectivity index (χ2v) is 5.20. The fourth-order valence-electron chi connectivity index (χ4n) is 1.81. The van der Waals surface area contributed by atoms with E-state index in [2.05, 4.69) is 9.72 Å². The maximum Gasteiger partial charge on any atom is 0.306 e. The molecule has 0 saturated heterocycles. The van der Waals surface area contributed by atoms with Crippen molar-refractivity contribution in [3.63, 3.8) is 0 Å². The molecule has 0 aliphatic heterocycles. The van der Waals surface area contributed by atoms with Gasteiger partial charge < -0.3 is 10.5 Å². The van der Waals surface area contributed by atoms with Crippen LogP contribution in [-0.2, 0) is 15.3 Å². The Morgan fingerprint density at radius 1 is 1.42 bits per heavy atom. The van der Waals surface area contributed by atoms with Crippen LogP contribution in [0.3, 0.4) is 0 Å². The van der Waals surface area contributed by atoms with Crippen LogP contribution in [0, 0.1) is 0 Å². The molecule has 0 spiro atoms. The maximum absolute atomic E-state index is 11.0. The summed E-state index contributed by atoms with van der Waals surface area (Å²) in [5.41, 5.74) is 8.75. The largest absolute Gasteiger partial charge is 0.469 e. The van der Waals surface area contributed by atoms with Crippen LogP contribution in [0.25, 0.3) is 10.9 Å². The van der Waals surface area contributed by atoms with Gasteiger partial charge in [-0.1, -0.05) is 6.07 Å². The lowest BCUT2D eigenvalue weighted by Crippen LogP contribution is -2.01. The van der Waals surface area contributed by atoms with Crippen molar-refractivity contribution < 1.29 is 9.53 Å². The molecule has 5 heteroatoms. The van der Waals surface area contributed by atoms with E-state index in [9.17, 15) is 4.79 Å². The topological polar surface area (TPSA) is 65.2 Å². The predicted octanol–water partition coefficient (Wildman–Crippen LogP) is 2.61. The average molecular weight is 276 g/mol. The number of rotatable bonds is 5.